The van der Waals surface area contributed by atoms with E-state index >= 15 is 0 Å². The lowest BCUT2D eigenvalue weighted by atomic mass is 10.00. The van der Waals surface area contributed by atoms with Gasteiger partial charge in [-0.1, -0.05) is 32.4 Å². The van der Waals surface area contributed by atoms with E-state index in [4.69, 9.17) is 0 Å². The van der Waals surface area contributed by atoms with Crippen LogP contribution in [0.2, 0.25) is 0 Å². The Morgan fingerprint density at radius 1 is 1.18 bits per heavy atom. The molecule has 2 nitrogen and oxygen atoms in total. The highest BCUT2D eigenvalue weighted by atomic mass is 16.3. The molecule has 1 rings (SSSR count). The number of rotatable bonds is 5. The molecule has 0 aromatic heterocycles. The van der Waals surface area contributed by atoms with E-state index in [1.807, 2.05) is 13.8 Å². The molecule has 2 heteroatoms. The average Bonchev–Trinajstić information content (AvgIpc) is 2.31. The fourth-order valence-electron chi connectivity index (χ4n) is 1.98. The molecule has 0 spiro atoms. The predicted octanol–water partition coefficient (Wildman–Crippen LogP) is 3.53. The summed E-state index contributed by atoms with van der Waals surface area (Å²) in [5, 5.41) is 13.3. The zero-order chi connectivity index (χ0) is 13.0. The third-order valence-electron chi connectivity index (χ3n) is 3.68. The molecule has 0 fully saturated rings. The monoisotopic (exact) mass is 235 g/mol. The van der Waals surface area contributed by atoms with Gasteiger partial charge in [-0.3, -0.25) is 0 Å². The third-order valence-corrected chi connectivity index (χ3v) is 3.68. The third kappa shape index (κ3) is 3.74. The summed E-state index contributed by atoms with van der Waals surface area (Å²) in [5.41, 5.74) is 3.16. The maximum atomic E-state index is 9.71. The number of hydrogen-bond donors (Lipinski definition) is 2. The molecule has 0 bridgehead atoms. The van der Waals surface area contributed by atoms with Crippen LogP contribution in [-0.4, -0.2) is 11.1 Å². The summed E-state index contributed by atoms with van der Waals surface area (Å²) in [6.07, 6.45) is 1.20. The minimum atomic E-state index is 0.420. The highest BCUT2D eigenvalue weighted by Crippen LogP contribution is 2.23. The summed E-state index contributed by atoms with van der Waals surface area (Å²) in [6.45, 7) is 11.5. The highest BCUT2D eigenvalue weighted by molar-refractivity contribution is 5.42. The lowest BCUT2D eigenvalue weighted by Crippen LogP contribution is -2.31. The summed E-state index contributed by atoms with van der Waals surface area (Å²) >= 11 is 0. The summed E-state index contributed by atoms with van der Waals surface area (Å²) in [7, 11) is 0. The molecule has 17 heavy (non-hydrogen) atoms. The Morgan fingerprint density at radius 3 is 2.18 bits per heavy atom. The molecule has 2 atom stereocenters. The van der Waals surface area contributed by atoms with E-state index < -0.39 is 0 Å². The number of phenolic OH excluding ortho intramolecular Hbond substituents is 1. The van der Waals surface area contributed by atoms with Crippen LogP contribution in [-0.2, 0) is 6.54 Å². The van der Waals surface area contributed by atoms with Crippen molar-refractivity contribution in [2.24, 2.45) is 5.92 Å². The van der Waals surface area contributed by atoms with E-state index in [1.54, 1.807) is 0 Å². The van der Waals surface area contributed by atoms with Gasteiger partial charge in [0.15, 0.2) is 0 Å². The normalized spacial score (nSPS) is 14.6. The molecule has 96 valence electrons. The Morgan fingerprint density at radius 2 is 1.71 bits per heavy atom. The van der Waals surface area contributed by atoms with Crippen molar-refractivity contribution in [2.75, 3.05) is 0 Å². The Kier molecular flexibility index (Phi) is 5.01. The van der Waals surface area contributed by atoms with Crippen LogP contribution in [0.3, 0.4) is 0 Å². The molecule has 0 amide bonds. The quantitative estimate of drug-likeness (QED) is 0.818. The van der Waals surface area contributed by atoms with Crippen LogP contribution in [0.5, 0.6) is 5.75 Å². The van der Waals surface area contributed by atoms with Crippen molar-refractivity contribution in [1.29, 1.82) is 0 Å². The largest absolute Gasteiger partial charge is 0.507 e. The number of nitrogens with one attached hydrogen (secondary N) is 1. The van der Waals surface area contributed by atoms with E-state index in [2.05, 4.69) is 38.2 Å². The van der Waals surface area contributed by atoms with Crippen LogP contribution in [0.4, 0.5) is 0 Å². The maximum absolute atomic E-state index is 9.71. The van der Waals surface area contributed by atoms with Crippen LogP contribution in [0.25, 0.3) is 0 Å². The molecule has 2 N–H and O–H groups in total. The van der Waals surface area contributed by atoms with Gasteiger partial charge in [-0.25, -0.2) is 0 Å². The van der Waals surface area contributed by atoms with Gasteiger partial charge in [-0.2, -0.15) is 0 Å². The molecule has 1 aromatic rings. The standard InChI is InChI=1S/C15H25NO/c1-6-10(2)13(5)16-9-14-7-11(3)15(17)12(4)8-14/h7-8,10,13,16-17H,6,9H2,1-5H3. The fourth-order valence-corrected chi connectivity index (χ4v) is 1.98. The van der Waals surface area contributed by atoms with E-state index in [0.29, 0.717) is 17.7 Å². The second-order valence-electron chi connectivity index (χ2n) is 5.13. The van der Waals surface area contributed by atoms with Crippen LogP contribution in [0.15, 0.2) is 12.1 Å². The van der Waals surface area contributed by atoms with Crippen molar-refractivity contribution < 1.29 is 5.11 Å². The predicted molar refractivity (Wildman–Crippen MR) is 73.3 cm³/mol. The first-order valence-corrected chi connectivity index (χ1v) is 6.48. The lowest BCUT2D eigenvalue weighted by Gasteiger charge is -2.20. The average molecular weight is 235 g/mol. The molecular weight excluding hydrogens is 210 g/mol. The van der Waals surface area contributed by atoms with Crippen molar-refractivity contribution in [3.8, 4) is 5.75 Å². The Bertz CT molecular complexity index is 350. The summed E-state index contributed by atoms with van der Waals surface area (Å²) in [6, 6.07) is 4.63. The van der Waals surface area contributed by atoms with Gasteiger partial charge in [-0.15, -0.1) is 0 Å². The molecule has 1 aromatic carbocycles. The van der Waals surface area contributed by atoms with Crippen molar-refractivity contribution in [3.63, 3.8) is 0 Å². The first kappa shape index (κ1) is 14.0. The van der Waals surface area contributed by atoms with Crippen molar-refractivity contribution in [3.05, 3.63) is 28.8 Å². The zero-order valence-corrected chi connectivity index (χ0v) is 11.7. The number of aryl methyl sites for hydroxylation is 2. The van der Waals surface area contributed by atoms with Gasteiger partial charge in [0.25, 0.3) is 0 Å². The number of phenols is 1. The minimum absolute atomic E-state index is 0.420. The van der Waals surface area contributed by atoms with Gasteiger partial charge < -0.3 is 10.4 Å². The van der Waals surface area contributed by atoms with Crippen LogP contribution in [0.1, 0.15) is 43.9 Å². The number of benzene rings is 1. The smallest absolute Gasteiger partial charge is 0.121 e. The van der Waals surface area contributed by atoms with E-state index in [9.17, 15) is 5.11 Å². The Labute approximate surface area is 105 Å². The first-order valence-electron chi connectivity index (χ1n) is 6.48. The van der Waals surface area contributed by atoms with Crippen LogP contribution < -0.4 is 5.32 Å². The second kappa shape index (κ2) is 6.06. The lowest BCUT2D eigenvalue weighted by molar-refractivity contribution is 0.389. The van der Waals surface area contributed by atoms with E-state index in [-0.39, 0.29) is 0 Å². The molecule has 0 radical (unpaired) electrons. The van der Waals surface area contributed by atoms with Gasteiger partial charge >= 0.3 is 0 Å². The molecule has 0 saturated heterocycles. The minimum Gasteiger partial charge on any atom is -0.507 e. The molecule has 0 heterocycles. The molecule has 0 aliphatic carbocycles. The SMILES string of the molecule is CCC(C)C(C)NCc1cc(C)c(O)c(C)c1. The first-order chi connectivity index (χ1) is 7.95. The van der Waals surface area contributed by atoms with Crippen molar-refractivity contribution in [1.82, 2.24) is 5.32 Å². The molecule has 2 unspecified atom stereocenters. The molecular formula is C15H25NO. The Balaban J connectivity index is 2.64. The second-order valence-corrected chi connectivity index (χ2v) is 5.13. The number of hydrogen-bond acceptors (Lipinski definition) is 2. The molecule has 0 aliphatic rings. The topological polar surface area (TPSA) is 32.3 Å². The zero-order valence-electron chi connectivity index (χ0n) is 11.7. The Hall–Kier alpha value is -1.02. The summed E-state index contributed by atoms with van der Waals surface area (Å²) in [4.78, 5) is 0. The molecule has 0 saturated carbocycles. The van der Waals surface area contributed by atoms with Crippen molar-refractivity contribution >= 4 is 0 Å². The summed E-state index contributed by atoms with van der Waals surface area (Å²) in [5.74, 6) is 1.11. The van der Waals surface area contributed by atoms with E-state index in [0.717, 1.165) is 17.7 Å². The maximum Gasteiger partial charge on any atom is 0.121 e. The summed E-state index contributed by atoms with van der Waals surface area (Å²) < 4.78 is 0. The van der Waals surface area contributed by atoms with Gasteiger partial charge in [0.2, 0.25) is 0 Å². The number of aromatic hydroxyl groups is 1. The fraction of sp³-hybridized carbons (Fsp3) is 0.600. The van der Waals surface area contributed by atoms with Crippen molar-refractivity contribution in [2.45, 2.75) is 53.6 Å². The van der Waals surface area contributed by atoms with Gasteiger partial charge in [-0.05, 0) is 43.4 Å². The highest BCUT2D eigenvalue weighted by Gasteiger charge is 2.10. The van der Waals surface area contributed by atoms with Crippen LogP contribution >= 0.6 is 0 Å². The van der Waals surface area contributed by atoms with Gasteiger partial charge in [0.05, 0.1) is 0 Å². The van der Waals surface area contributed by atoms with Gasteiger partial charge in [0.1, 0.15) is 5.75 Å². The van der Waals surface area contributed by atoms with Crippen LogP contribution in [0, 0.1) is 19.8 Å². The molecule has 0 aliphatic heterocycles. The van der Waals surface area contributed by atoms with Gasteiger partial charge in [0, 0.05) is 12.6 Å². The van der Waals surface area contributed by atoms with E-state index in [1.165, 1.54) is 12.0 Å².